The van der Waals surface area contributed by atoms with E-state index in [2.05, 4.69) is 15.9 Å². The van der Waals surface area contributed by atoms with E-state index in [1.165, 1.54) is 0 Å². The fourth-order valence-electron chi connectivity index (χ4n) is 8.32. The number of ether oxygens (including phenoxy) is 1. The number of benzene rings is 3. The van der Waals surface area contributed by atoms with Gasteiger partial charge in [-0.25, -0.2) is 0 Å². The van der Waals surface area contributed by atoms with Gasteiger partial charge in [-0.1, -0.05) is 78.2 Å². The predicted octanol–water partition coefficient (Wildman–Crippen LogP) is 6.50. The molecule has 3 heterocycles. The van der Waals surface area contributed by atoms with Crippen LogP contribution < -0.4 is 9.80 Å². The number of halogens is 1. The van der Waals surface area contributed by atoms with Crippen molar-refractivity contribution in [2.45, 2.75) is 88.9 Å². The van der Waals surface area contributed by atoms with Crippen molar-refractivity contribution < 1.29 is 29.0 Å². The van der Waals surface area contributed by atoms with Crippen LogP contribution in [0.4, 0.5) is 11.4 Å². The normalized spacial score (nSPS) is 24.0. The van der Waals surface area contributed by atoms with Crippen LogP contribution in [0.25, 0.3) is 0 Å². The number of fused-ring (bicyclic) bond motifs is 2. The van der Waals surface area contributed by atoms with Crippen LogP contribution in [0.1, 0.15) is 62.1 Å². The molecule has 0 bridgehead atoms. The van der Waals surface area contributed by atoms with E-state index in [-0.39, 0.29) is 37.3 Å². The lowest BCUT2D eigenvalue weighted by atomic mass is 9.82. The lowest BCUT2D eigenvalue weighted by Gasteiger charge is -2.32. The molecular weight excluding hydrogens is 714 g/mol. The Kier molecular flexibility index (Phi) is 11.0. The number of carbonyl (C=O) groups is 3. The molecule has 2 saturated heterocycles. The number of nitrogens with zero attached hydrogens (tertiary/aromatic N) is 3. The van der Waals surface area contributed by atoms with Crippen LogP contribution in [0.2, 0.25) is 18.6 Å². The second-order valence-electron chi connectivity index (χ2n) is 14.5. The van der Waals surface area contributed by atoms with E-state index in [9.17, 15) is 24.3 Å². The summed E-state index contributed by atoms with van der Waals surface area (Å²) < 4.78 is 7.72. The zero-order valence-corrected chi connectivity index (χ0v) is 31.8. The molecule has 0 aliphatic carbocycles. The summed E-state index contributed by atoms with van der Waals surface area (Å²) in [6.45, 7) is 7.00. The van der Waals surface area contributed by atoms with E-state index in [1.54, 1.807) is 9.80 Å². The Bertz CT molecular complexity index is 1700. The second kappa shape index (κ2) is 15.1. The summed E-state index contributed by atoms with van der Waals surface area (Å²) in [5.41, 5.74) is 2.39. The van der Waals surface area contributed by atoms with Crippen molar-refractivity contribution in [2.24, 2.45) is 5.92 Å². The van der Waals surface area contributed by atoms with Crippen LogP contribution in [0.15, 0.2) is 77.3 Å². The molecule has 0 saturated carbocycles. The first kappa shape index (κ1) is 36.4. The third-order valence-corrected chi connectivity index (χ3v) is 13.7. The lowest BCUT2D eigenvalue weighted by molar-refractivity contribution is -0.150. The molecule has 6 rings (SSSR count). The average molecular weight is 763 g/mol. The van der Waals surface area contributed by atoms with Gasteiger partial charge in [-0.05, 0) is 67.4 Å². The van der Waals surface area contributed by atoms with Crippen molar-refractivity contribution >= 4 is 53.3 Å². The van der Waals surface area contributed by atoms with Gasteiger partial charge in [-0.15, -0.1) is 0 Å². The number of carbonyl (C=O) groups excluding carboxylic acids is 3. The maximum absolute atomic E-state index is 14.9. The molecule has 3 aromatic carbocycles. The van der Waals surface area contributed by atoms with Crippen LogP contribution in [0.3, 0.4) is 0 Å². The smallest absolute Gasteiger partial charge is 0.264 e. The molecule has 0 unspecified atom stereocenters. The van der Waals surface area contributed by atoms with E-state index in [4.69, 9.17) is 4.74 Å². The maximum atomic E-state index is 14.9. The van der Waals surface area contributed by atoms with Crippen molar-refractivity contribution in [2.75, 3.05) is 29.5 Å². The third kappa shape index (κ3) is 7.21. The highest BCUT2D eigenvalue weighted by molar-refractivity contribution is 9.10. The molecule has 3 amide bonds. The number of aliphatic hydroxyl groups excluding tert-OH is 1. The Hall–Kier alpha value is -3.35. The Labute approximate surface area is 304 Å². The summed E-state index contributed by atoms with van der Waals surface area (Å²) in [4.78, 5) is 58.6. The fourth-order valence-corrected chi connectivity index (χ4v) is 11.2. The summed E-state index contributed by atoms with van der Waals surface area (Å²) in [6, 6.07) is 23.3. The third-order valence-electron chi connectivity index (χ3n) is 10.7. The minimum atomic E-state index is -2.99. The summed E-state index contributed by atoms with van der Waals surface area (Å²) in [7, 11) is -2.99. The van der Waals surface area contributed by atoms with Crippen LogP contribution in [-0.2, 0) is 37.8 Å². The van der Waals surface area contributed by atoms with Crippen LogP contribution >= 0.6 is 15.9 Å². The van der Waals surface area contributed by atoms with Gasteiger partial charge in [0.25, 0.3) is 5.91 Å². The van der Waals surface area contributed by atoms with Gasteiger partial charge in [0.15, 0.2) is 13.9 Å². The predicted molar refractivity (Wildman–Crippen MR) is 200 cm³/mol. The molecular formula is C39H48BrN3O6Si. The molecule has 3 aromatic rings. The van der Waals surface area contributed by atoms with E-state index < -0.39 is 31.5 Å². The molecule has 9 nitrogen and oxygen atoms in total. The molecule has 50 heavy (non-hydrogen) atoms. The minimum absolute atomic E-state index is 0.0200. The first-order chi connectivity index (χ1) is 23.9. The molecule has 1 spiro atoms. The van der Waals surface area contributed by atoms with Gasteiger partial charge in [0, 0.05) is 53.2 Å². The van der Waals surface area contributed by atoms with Crippen molar-refractivity contribution in [1.82, 2.24) is 4.90 Å². The molecule has 11 heteroatoms. The Morgan fingerprint density at radius 1 is 1.00 bits per heavy atom. The first-order valence-corrected chi connectivity index (χ1v) is 21.6. The van der Waals surface area contributed by atoms with E-state index in [1.807, 2.05) is 97.7 Å². The van der Waals surface area contributed by atoms with Gasteiger partial charge in [0.05, 0.1) is 31.4 Å². The van der Waals surface area contributed by atoms with Gasteiger partial charge < -0.3 is 29.3 Å². The summed E-state index contributed by atoms with van der Waals surface area (Å²) in [6.07, 6.45) is 3.95. The highest BCUT2D eigenvalue weighted by Gasteiger charge is 2.66. The number of anilines is 2. The first-order valence-electron chi connectivity index (χ1n) is 17.8. The van der Waals surface area contributed by atoms with Gasteiger partial charge in [0.2, 0.25) is 11.8 Å². The van der Waals surface area contributed by atoms with Crippen molar-refractivity contribution in [3.8, 4) is 0 Å². The zero-order valence-electron chi connectivity index (χ0n) is 29.2. The Balaban J connectivity index is 1.29. The number of amides is 3. The molecule has 3 aliphatic rings. The average Bonchev–Trinajstić information content (AvgIpc) is 3.49. The van der Waals surface area contributed by atoms with Gasteiger partial charge in [-0.2, -0.15) is 0 Å². The summed E-state index contributed by atoms with van der Waals surface area (Å²) in [5.74, 6) is -0.677. The lowest BCUT2D eigenvalue weighted by Crippen LogP contribution is -2.46. The highest BCUT2D eigenvalue weighted by atomic mass is 79.9. The van der Waals surface area contributed by atoms with Crippen LogP contribution in [0.5, 0.6) is 0 Å². The molecule has 0 radical (unpaired) electrons. The largest absolute Gasteiger partial charge is 0.432 e. The number of hydrogen-bond donors (Lipinski definition) is 2. The summed E-state index contributed by atoms with van der Waals surface area (Å²) in [5, 5.41) is 9.82. The number of rotatable bonds is 10. The molecule has 0 aromatic heterocycles. The second-order valence-corrected chi connectivity index (χ2v) is 19.4. The van der Waals surface area contributed by atoms with Crippen LogP contribution in [0, 0.1) is 5.92 Å². The quantitative estimate of drug-likeness (QED) is 0.228. The highest BCUT2D eigenvalue weighted by Crippen LogP contribution is 2.60. The molecule has 4 atom stereocenters. The van der Waals surface area contributed by atoms with Crippen molar-refractivity contribution in [3.05, 3.63) is 94.0 Å². The topological polar surface area (TPSA) is 111 Å². The maximum Gasteiger partial charge on any atom is 0.264 e. The minimum Gasteiger partial charge on any atom is -0.432 e. The van der Waals surface area contributed by atoms with E-state index in [0.29, 0.717) is 26.1 Å². The molecule has 266 valence electrons. The Morgan fingerprint density at radius 3 is 2.42 bits per heavy atom. The monoisotopic (exact) mass is 761 g/mol. The number of hydrogen-bond acceptors (Lipinski definition) is 6. The molecule has 2 N–H and O–H groups in total. The number of aliphatic hydroxyl groups is 1. The zero-order chi connectivity index (χ0) is 35.6. The molecule has 2 fully saturated rings. The van der Waals surface area contributed by atoms with Crippen molar-refractivity contribution in [1.29, 1.82) is 0 Å². The molecule has 3 aliphatic heterocycles. The SMILES string of the molecule is C[C@H]1[C@H]([Si](C)(C)O)[C@@H](CC(=O)N(CCO)Cc2ccccc2)O[C@]12C(=O)N(Cc1ccc(N3CCCCCCC3=O)cc1)c1ccc(Br)cc12. The summed E-state index contributed by atoms with van der Waals surface area (Å²) >= 11 is 3.62. The van der Waals surface area contributed by atoms with Gasteiger partial charge in [0.1, 0.15) is 0 Å². The van der Waals surface area contributed by atoms with Crippen LogP contribution in [-0.4, -0.2) is 66.6 Å². The van der Waals surface area contributed by atoms with Crippen molar-refractivity contribution in [3.63, 3.8) is 0 Å². The van der Waals surface area contributed by atoms with Gasteiger partial charge >= 0.3 is 0 Å². The van der Waals surface area contributed by atoms with E-state index >= 15 is 0 Å². The van der Waals surface area contributed by atoms with Gasteiger partial charge in [-0.3, -0.25) is 14.4 Å². The van der Waals surface area contributed by atoms with E-state index in [0.717, 1.165) is 58.2 Å². The fraction of sp³-hybridized carbons (Fsp3) is 0.462. The Morgan fingerprint density at radius 2 is 1.72 bits per heavy atom. The standard InChI is InChI=1S/C39H48BrN3O6Si/c1-27-37(50(2,3)48)34(24-36(46)41(21-22-44)25-28-11-7-6-8-12-28)49-39(27)32-23-30(40)16-19-33(32)43(38(39)47)26-29-14-17-31(18-15-29)42-20-10-5-4-9-13-35(42)45/h6-8,11-12,14-19,23,27,34,37,44,48H,4-5,9-10,13,20-22,24-26H2,1-3H3/t27-,34+,37-,39+/m0/s1.